The second kappa shape index (κ2) is 10.7. The third-order valence-electron chi connectivity index (χ3n) is 8.58. The van der Waals surface area contributed by atoms with E-state index in [0.717, 1.165) is 21.4 Å². The molecule has 0 unspecified atom stereocenters. The van der Waals surface area contributed by atoms with Gasteiger partial charge in [0.25, 0.3) is 0 Å². The molecule has 4 aromatic carbocycles. The molecular formula is C35H29BrN2O3. The minimum atomic E-state index is -0.437. The molecule has 7 rings (SSSR count). The van der Waals surface area contributed by atoms with Crippen molar-refractivity contribution in [2.75, 3.05) is 19.7 Å². The van der Waals surface area contributed by atoms with Crippen molar-refractivity contribution in [2.45, 2.75) is 24.2 Å². The molecule has 204 valence electrons. The number of rotatable bonds is 5. The van der Waals surface area contributed by atoms with Crippen LogP contribution in [-0.2, 0) is 10.2 Å². The Balaban J connectivity index is 1.10. The first-order valence-electron chi connectivity index (χ1n) is 14.0. The number of hydrogen-bond acceptors (Lipinski definition) is 4. The molecule has 41 heavy (non-hydrogen) atoms. The molecule has 0 N–H and O–H groups in total. The first-order chi connectivity index (χ1) is 20.1. The second-order valence-electron chi connectivity index (χ2n) is 10.8. The average Bonchev–Trinajstić information content (AvgIpc) is 3.65. The standard InChI is InChI=1S/C35H29BrN2O3/c36-26-16-14-25(15-17-26)35(33-37-22-32(41-33)24-8-2-1-3-9-24)18-20-38(21-19-35)34(39)40-23-31-29-12-6-4-10-27(29)28-11-5-7-13-30(28)31/h1-17,22,31H,18-21,23H2. The predicted octanol–water partition coefficient (Wildman–Crippen LogP) is 8.44. The Morgan fingerprint density at radius 2 is 1.46 bits per heavy atom. The molecule has 0 saturated carbocycles. The van der Waals surface area contributed by atoms with Gasteiger partial charge in [-0.05, 0) is 52.8 Å². The molecule has 0 atom stereocenters. The van der Waals surface area contributed by atoms with Gasteiger partial charge in [0.2, 0.25) is 5.89 Å². The van der Waals surface area contributed by atoms with Gasteiger partial charge in [0.15, 0.2) is 5.76 Å². The summed E-state index contributed by atoms with van der Waals surface area (Å²) in [5, 5.41) is 0. The summed E-state index contributed by atoms with van der Waals surface area (Å²) in [5.41, 5.74) is 6.57. The Hall–Kier alpha value is -4.16. The Morgan fingerprint density at radius 1 is 0.854 bits per heavy atom. The number of carbonyl (C=O) groups is 1. The Labute approximate surface area is 247 Å². The van der Waals surface area contributed by atoms with Crippen LogP contribution in [-0.4, -0.2) is 35.7 Å². The Morgan fingerprint density at radius 3 is 2.12 bits per heavy atom. The van der Waals surface area contributed by atoms with Crippen LogP contribution < -0.4 is 0 Å². The van der Waals surface area contributed by atoms with E-state index < -0.39 is 5.41 Å². The van der Waals surface area contributed by atoms with Gasteiger partial charge in [-0.1, -0.05) is 107 Å². The van der Waals surface area contributed by atoms with E-state index in [1.54, 1.807) is 0 Å². The van der Waals surface area contributed by atoms with Crippen LogP contribution in [0.15, 0.2) is 118 Å². The largest absolute Gasteiger partial charge is 0.448 e. The minimum absolute atomic E-state index is 0.0433. The zero-order valence-electron chi connectivity index (χ0n) is 22.5. The van der Waals surface area contributed by atoms with Crippen LogP contribution in [0.3, 0.4) is 0 Å². The van der Waals surface area contributed by atoms with Crippen molar-refractivity contribution in [3.05, 3.63) is 136 Å². The highest BCUT2D eigenvalue weighted by Gasteiger charge is 2.43. The predicted molar refractivity (Wildman–Crippen MR) is 163 cm³/mol. The molecular weight excluding hydrogens is 576 g/mol. The highest BCUT2D eigenvalue weighted by atomic mass is 79.9. The number of benzene rings is 4. The van der Waals surface area contributed by atoms with Crippen molar-refractivity contribution in [1.29, 1.82) is 0 Å². The number of likely N-dealkylation sites (tertiary alicyclic amines) is 1. The van der Waals surface area contributed by atoms with Crippen molar-refractivity contribution >= 4 is 22.0 Å². The quantitative estimate of drug-likeness (QED) is 0.202. The number of halogens is 1. The molecule has 1 aliphatic carbocycles. The molecule has 1 saturated heterocycles. The molecule has 2 aliphatic rings. The molecule has 0 radical (unpaired) electrons. The average molecular weight is 606 g/mol. The number of ether oxygens (including phenoxy) is 1. The van der Waals surface area contributed by atoms with Crippen molar-refractivity contribution < 1.29 is 13.9 Å². The maximum absolute atomic E-state index is 13.4. The van der Waals surface area contributed by atoms with Crippen molar-refractivity contribution in [2.24, 2.45) is 0 Å². The van der Waals surface area contributed by atoms with E-state index in [2.05, 4.69) is 88.7 Å². The molecule has 2 heterocycles. The number of hydrogen-bond donors (Lipinski definition) is 0. The molecule has 5 aromatic rings. The molecule has 0 bridgehead atoms. The normalized spacial score (nSPS) is 15.8. The van der Waals surface area contributed by atoms with Gasteiger partial charge < -0.3 is 14.1 Å². The van der Waals surface area contributed by atoms with E-state index >= 15 is 0 Å². The maximum Gasteiger partial charge on any atom is 0.409 e. The summed E-state index contributed by atoms with van der Waals surface area (Å²) in [6.45, 7) is 1.42. The Bertz CT molecular complexity index is 1640. The fourth-order valence-corrected chi connectivity index (χ4v) is 6.65. The van der Waals surface area contributed by atoms with Gasteiger partial charge >= 0.3 is 6.09 Å². The highest BCUT2D eigenvalue weighted by Crippen LogP contribution is 2.45. The monoisotopic (exact) mass is 604 g/mol. The number of amides is 1. The Kier molecular flexibility index (Phi) is 6.71. The summed E-state index contributed by atoms with van der Waals surface area (Å²) in [7, 11) is 0. The molecule has 1 aromatic heterocycles. The van der Waals surface area contributed by atoms with Gasteiger partial charge in [-0.2, -0.15) is 0 Å². The van der Waals surface area contributed by atoms with E-state index in [1.807, 2.05) is 41.4 Å². The van der Waals surface area contributed by atoms with Crippen LogP contribution >= 0.6 is 15.9 Å². The highest BCUT2D eigenvalue weighted by molar-refractivity contribution is 9.10. The van der Waals surface area contributed by atoms with Gasteiger partial charge in [-0.15, -0.1) is 0 Å². The van der Waals surface area contributed by atoms with Gasteiger partial charge in [0.1, 0.15) is 6.61 Å². The summed E-state index contributed by atoms with van der Waals surface area (Å²) in [6.07, 6.45) is 2.92. The van der Waals surface area contributed by atoms with Crippen LogP contribution in [0.5, 0.6) is 0 Å². The van der Waals surface area contributed by atoms with Crippen LogP contribution in [0.2, 0.25) is 0 Å². The summed E-state index contributed by atoms with van der Waals surface area (Å²) in [6, 6.07) is 35.2. The fraction of sp³-hybridized carbons (Fsp3) is 0.200. The number of aromatic nitrogens is 1. The summed E-state index contributed by atoms with van der Waals surface area (Å²) in [4.78, 5) is 20.0. The molecule has 6 heteroatoms. The molecule has 1 amide bonds. The van der Waals surface area contributed by atoms with Crippen molar-refractivity contribution in [1.82, 2.24) is 9.88 Å². The lowest BCUT2D eigenvalue weighted by Crippen LogP contribution is -2.46. The summed E-state index contributed by atoms with van der Waals surface area (Å²) >= 11 is 3.56. The summed E-state index contributed by atoms with van der Waals surface area (Å²) in [5.74, 6) is 1.48. The number of carbonyl (C=O) groups excluding carboxylic acids is 1. The first kappa shape index (κ1) is 25.8. The van der Waals surface area contributed by atoms with E-state index in [4.69, 9.17) is 14.1 Å². The lowest BCUT2D eigenvalue weighted by atomic mass is 9.72. The second-order valence-corrected chi connectivity index (χ2v) is 11.7. The lowest BCUT2D eigenvalue weighted by molar-refractivity contribution is 0.0816. The molecule has 5 nitrogen and oxygen atoms in total. The van der Waals surface area contributed by atoms with E-state index in [1.165, 1.54) is 22.3 Å². The van der Waals surface area contributed by atoms with Crippen LogP contribution in [0, 0.1) is 0 Å². The van der Waals surface area contributed by atoms with Gasteiger partial charge in [-0.3, -0.25) is 0 Å². The van der Waals surface area contributed by atoms with Crippen LogP contribution in [0.1, 0.15) is 41.3 Å². The number of fused-ring (bicyclic) bond motifs is 3. The number of piperidine rings is 1. The smallest absolute Gasteiger partial charge is 0.409 e. The van der Waals surface area contributed by atoms with Crippen LogP contribution in [0.25, 0.3) is 22.5 Å². The van der Waals surface area contributed by atoms with Gasteiger partial charge in [-0.25, -0.2) is 9.78 Å². The minimum Gasteiger partial charge on any atom is -0.448 e. The van der Waals surface area contributed by atoms with Gasteiger partial charge in [0, 0.05) is 29.0 Å². The molecule has 1 aliphatic heterocycles. The van der Waals surface area contributed by atoms with Gasteiger partial charge in [0.05, 0.1) is 11.6 Å². The van der Waals surface area contributed by atoms with Crippen molar-refractivity contribution in [3.63, 3.8) is 0 Å². The summed E-state index contributed by atoms with van der Waals surface area (Å²) < 4.78 is 13.4. The lowest BCUT2D eigenvalue weighted by Gasteiger charge is -2.39. The van der Waals surface area contributed by atoms with E-state index in [0.29, 0.717) is 38.4 Å². The molecule has 1 fully saturated rings. The third-order valence-corrected chi connectivity index (χ3v) is 9.11. The fourth-order valence-electron chi connectivity index (χ4n) is 6.38. The van der Waals surface area contributed by atoms with Crippen LogP contribution in [0.4, 0.5) is 4.79 Å². The first-order valence-corrected chi connectivity index (χ1v) is 14.8. The number of nitrogens with zero attached hydrogens (tertiary/aromatic N) is 2. The zero-order valence-corrected chi connectivity index (χ0v) is 24.1. The zero-order chi connectivity index (χ0) is 27.8. The molecule has 0 spiro atoms. The van der Waals surface area contributed by atoms with E-state index in [-0.39, 0.29) is 12.0 Å². The SMILES string of the molecule is O=C(OCC1c2ccccc2-c2ccccc21)N1CCC(c2ccc(Br)cc2)(c2ncc(-c3ccccc3)o2)CC1. The van der Waals surface area contributed by atoms with E-state index in [9.17, 15) is 4.79 Å². The third kappa shape index (κ3) is 4.66. The maximum atomic E-state index is 13.4. The topological polar surface area (TPSA) is 55.6 Å². The van der Waals surface area contributed by atoms with Crippen molar-refractivity contribution in [3.8, 4) is 22.5 Å². The number of oxazole rings is 1.